The number of ether oxygens (including phenoxy) is 1. The molecule has 2 N–H and O–H groups in total. The zero-order valence-electron chi connectivity index (χ0n) is 15.2. The second kappa shape index (κ2) is 11.1. The molecule has 0 unspecified atom stereocenters. The van der Waals surface area contributed by atoms with Crippen molar-refractivity contribution in [3.63, 3.8) is 0 Å². The topological polar surface area (TPSA) is 58.5 Å². The smallest absolute Gasteiger partial charge is 0.191 e. The number of aromatic nitrogens is 1. The van der Waals surface area contributed by atoms with Crippen LogP contribution in [0.5, 0.6) is 5.75 Å². The molecule has 1 aromatic heterocycles. The molecule has 1 aromatic carbocycles. The molecule has 0 amide bonds. The van der Waals surface area contributed by atoms with Crippen LogP contribution >= 0.6 is 0 Å². The summed E-state index contributed by atoms with van der Waals surface area (Å²) < 4.78 is 5.26. The molecule has 0 fully saturated rings. The quantitative estimate of drug-likeness (QED) is 0.419. The summed E-state index contributed by atoms with van der Waals surface area (Å²) in [5.74, 6) is 1.77. The lowest BCUT2D eigenvalue weighted by Gasteiger charge is -2.11. The van der Waals surface area contributed by atoms with Crippen LogP contribution in [-0.4, -0.2) is 37.7 Å². The predicted octanol–water partition coefficient (Wildman–Crippen LogP) is 2.82. The van der Waals surface area contributed by atoms with E-state index >= 15 is 0 Å². The molecule has 0 spiro atoms. The van der Waals surface area contributed by atoms with E-state index in [1.54, 1.807) is 7.11 Å². The first-order valence-corrected chi connectivity index (χ1v) is 8.87. The van der Waals surface area contributed by atoms with Gasteiger partial charge in [0.2, 0.25) is 0 Å². The van der Waals surface area contributed by atoms with Crippen molar-refractivity contribution in [3.8, 4) is 5.75 Å². The number of hydrogen-bond acceptors (Lipinski definition) is 3. The van der Waals surface area contributed by atoms with Crippen molar-refractivity contribution in [2.24, 2.45) is 4.99 Å². The fourth-order valence-corrected chi connectivity index (χ4v) is 2.50. The van der Waals surface area contributed by atoms with Gasteiger partial charge in [-0.05, 0) is 49.6 Å². The molecule has 0 saturated carbocycles. The van der Waals surface area contributed by atoms with Gasteiger partial charge >= 0.3 is 0 Å². The predicted molar refractivity (Wildman–Crippen MR) is 103 cm³/mol. The third kappa shape index (κ3) is 7.25. The molecule has 2 rings (SSSR count). The summed E-state index contributed by atoms with van der Waals surface area (Å²) in [5.41, 5.74) is 2.37. The largest absolute Gasteiger partial charge is 0.497 e. The molecular weight excluding hydrogens is 312 g/mol. The van der Waals surface area contributed by atoms with Crippen molar-refractivity contribution < 1.29 is 4.74 Å². The van der Waals surface area contributed by atoms with E-state index in [0.717, 1.165) is 56.3 Å². The van der Waals surface area contributed by atoms with E-state index in [2.05, 4.69) is 39.7 Å². The zero-order chi connectivity index (χ0) is 17.7. The fraction of sp³-hybridized carbons (Fsp3) is 0.400. The highest BCUT2D eigenvalue weighted by atomic mass is 16.5. The van der Waals surface area contributed by atoms with E-state index in [9.17, 15) is 0 Å². The summed E-state index contributed by atoms with van der Waals surface area (Å²) in [6, 6.07) is 14.2. The molecule has 5 heteroatoms. The molecule has 0 aliphatic rings. The lowest BCUT2D eigenvalue weighted by Crippen LogP contribution is -2.38. The van der Waals surface area contributed by atoms with Crippen LogP contribution in [0, 0.1) is 0 Å². The molecule has 5 nitrogen and oxygen atoms in total. The summed E-state index contributed by atoms with van der Waals surface area (Å²) in [7, 11) is 1.70. The summed E-state index contributed by atoms with van der Waals surface area (Å²) in [4.78, 5) is 8.98. The van der Waals surface area contributed by atoms with Crippen LogP contribution in [0.25, 0.3) is 0 Å². The van der Waals surface area contributed by atoms with Crippen molar-refractivity contribution in [2.75, 3.05) is 26.7 Å². The van der Waals surface area contributed by atoms with Gasteiger partial charge in [-0.1, -0.05) is 18.2 Å². The van der Waals surface area contributed by atoms with Gasteiger partial charge in [0.1, 0.15) is 5.75 Å². The van der Waals surface area contributed by atoms with Gasteiger partial charge in [0, 0.05) is 37.9 Å². The Hall–Kier alpha value is -2.56. The number of methoxy groups -OCH3 is 1. The van der Waals surface area contributed by atoms with Crippen molar-refractivity contribution in [3.05, 3.63) is 59.9 Å². The lowest BCUT2D eigenvalue weighted by molar-refractivity contribution is 0.414. The van der Waals surface area contributed by atoms with Gasteiger partial charge < -0.3 is 15.4 Å². The van der Waals surface area contributed by atoms with E-state index in [1.807, 2.05) is 36.5 Å². The highest BCUT2D eigenvalue weighted by Gasteiger charge is 1.99. The third-order valence-corrected chi connectivity index (χ3v) is 3.77. The van der Waals surface area contributed by atoms with Gasteiger partial charge in [0.15, 0.2) is 5.96 Å². The van der Waals surface area contributed by atoms with Crippen LogP contribution in [0.2, 0.25) is 0 Å². The van der Waals surface area contributed by atoms with Crippen molar-refractivity contribution >= 4 is 5.96 Å². The minimum Gasteiger partial charge on any atom is -0.497 e. The van der Waals surface area contributed by atoms with Crippen LogP contribution in [0.1, 0.15) is 24.6 Å². The highest BCUT2D eigenvalue weighted by molar-refractivity contribution is 5.79. The monoisotopic (exact) mass is 340 g/mol. The maximum absolute atomic E-state index is 5.26. The Labute approximate surface area is 150 Å². The first kappa shape index (κ1) is 18.8. The van der Waals surface area contributed by atoms with Crippen LogP contribution in [0.3, 0.4) is 0 Å². The number of nitrogens with zero attached hydrogens (tertiary/aromatic N) is 2. The Bertz CT molecular complexity index is 643. The number of aliphatic imine (C=N–C) groups is 1. The summed E-state index contributed by atoms with van der Waals surface area (Å²) in [6.07, 6.45) is 4.71. The van der Waals surface area contributed by atoms with Crippen LogP contribution in [0.4, 0.5) is 0 Å². The van der Waals surface area contributed by atoms with Gasteiger partial charge in [-0.2, -0.15) is 0 Å². The minimum absolute atomic E-state index is 0.788. The number of guanidine groups is 1. The highest BCUT2D eigenvalue weighted by Crippen LogP contribution is 2.13. The lowest BCUT2D eigenvalue weighted by atomic mass is 10.1. The van der Waals surface area contributed by atoms with E-state index in [4.69, 9.17) is 4.74 Å². The Morgan fingerprint density at radius 1 is 1.12 bits per heavy atom. The molecule has 2 aromatic rings. The Morgan fingerprint density at radius 3 is 2.80 bits per heavy atom. The average Bonchev–Trinajstić information content (AvgIpc) is 2.66. The van der Waals surface area contributed by atoms with Crippen molar-refractivity contribution in [1.82, 2.24) is 15.6 Å². The summed E-state index contributed by atoms with van der Waals surface area (Å²) in [6.45, 7) is 4.53. The Balaban J connectivity index is 1.74. The number of rotatable bonds is 9. The summed E-state index contributed by atoms with van der Waals surface area (Å²) in [5, 5.41) is 6.65. The number of aryl methyl sites for hydroxylation is 1. The Morgan fingerprint density at radius 2 is 2.04 bits per heavy atom. The van der Waals surface area contributed by atoms with Crippen LogP contribution in [-0.2, 0) is 12.8 Å². The number of benzene rings is 1. The first-order chi connectivity index (χ1) is 12.3. The van der Waals surface area contributed by atoms with Gasteiger partial charge in [0.05, 0.1) is 7.11 Å². The van der Waals surface area contributed by atoms with E-state index in [-0.39, 0.29) is 0 Å². The van der Waals surface area contributed by atoms with Crippen molar-refractivity contribution in [1.29, 1.82) is 0 Å². The number of hydrogen-bond donors (Lipinski definition) is 2. The van der Waals surface area contributed by atoms with E-state index in [0.29, 0.717) is 0 Å². The standard InChI is InChI=1S/C20H28N4O/c1-3-21-20(24-15-12-18-10-4-5-13-22-18)23-14-7-9-17-8-6-11-19(16-17)25-2/h4-6,8,10-11,13,16H,3,7,9,12,14-15H2,1-2H3,(H2,21,23,24). The molecular formula is C20H28N4O. The number of nitrogens with one attached hydrogen (secondary N) is 2. The zero-order valence-corrected chi connectivity index (χ0v) is 15.2. The van der Waals surface area contributed by atoms with Crippen LogP contribution in [0.15, 0.2) is 53.7 Å². The number of pyridine rings is 1. The third-order valence-electron chi connectivity index (χ3n) is 3.77. The van der Waals surface area contributed by atoms with Crippen molar-refractivity contribution in [2.45, 2.75) is 26.2 Å². The van der Waals surface area contributed by atoms with E-state index in [1.165, 1.54) is 5.56 Å². The molecule has 134 valence electrons. The van der Waals surface area contributed by atoms with Gasteiger partial charge in [-0.3, -0.25) is 9.98 Å². The molecule has 0 bridgehead atoms. The average molecular weight is 340 g/mol. The summed E-state index contributed by atoms with van der Waals surface area (Å²) >= 11 is 0. The molecule has 1 heterocycles. The maximum atomic E-state index is 5.26. The Kier molecular flexibility index (Phi) is 8.32. The van der Waals surface area contributed by atoms with Gasteiger partial charge in [-0.15, -0.1) is 0 Å². The maximum Gasteiger partial charge on any atom is 0.191 e. The second-order valence-corrected chi connectivity index (χ2v) is 5.71. The molecule has 0 atom stereocenters. The van der Waals surface area contributed by atoms with Gasteiger partial charge in [-0.25, -0.2) is 0 Å². The second-order valence-electron chi connectivity index (χ2n) is 5.71. The van der Waals surface area contributed by atoms with Crippen LogP contribution < -0.4 is 15.4 Å². The minimum atomic E-state index is 0.788. The molecule has 0 saturated heterocycles. The molecule has 0 radical (unpaired) electrons. The molecule has 25 heavy (non-hydrogen) atoms. The van der Waals surface area contributed by atoms with E-state index < -0.39 is 0 Å². The SMILES string of the molecule is CCNC(=NCCCc1cccc(OC)c1)NCCc1ccccn1. The first-order valence-electron chi connectivity index (χ1n) is 8.87. The molecule has 0 aliphatic carbocycles. The molecule has 0 aliphatic heterocycles. The van der Waals surface area contributed by atoms with Gasteiger partial charge in [0.25, 0.3) is 0 Å². The fourth-order valence-electron chi connectivity index (χ4n) is 2.50. The normalized spacial score (nSPS) is 11.2.